The lowest BCUT2D eigenvalue weighted by Gasteiger charge is -2.24. The van der Waals surface area contributed by atoms with Crippen LogP contribution in [0.1, 0.15) is 31.9 Å². The zero-order valence-electron chi connectivity index (χ0n) is 19.7. The fourth-order valence-electron chi connectivity index (χ4n) is 3.47. The van der Waals surface area contributed by atoms with Crippen molar-refractivity contribution in [3.05, 3.63) is 65.9 Å². The van der Waals surface area contributed by atoms with E-state index < -0.39 is 0 Å². The third-order valence-corrected chi connectivity index (χ3v) is 5.12. The minimum Gasteiger partial charge on any atom is -0.493 e. The summed E-state index contributed by atoms with van der Waals surface area (Å²) in [4.78, 5) is 8.12. The van der Waals surface area contributed by atoms with Crippen LogP contribution in [0.4, 0.5) is 17.5 Å². The van der Waals surface area contributed by atoms with Gasteiger partial charge in [0.05, 0.1) is 24.8 Å². The molecule has 8 nitrogen and oxygen atoms in total. The highest BCUT2D eigenvalue weighted by atomic mass is 16.5. The second-order valence-electron chi connectivity index (χ2n) is 8.58. The van der Waals surface area contributed by atoms with Gasteiger partial charge in [-0.2, -0.15) is 10.2 Å². The summed E-state index contributed by atoms with van der Waals surface area (Å²) in [6.07, 6.45) is 5.39. The van der Waals surface area contributed by atoms with E-state index in [-0.39, 0.29) is 11.4 Å². The lowest BCUT2D eigenvalue weighted by molar-refractivity contribution is 0.221. The Morgan fingerprint density at radius 2 is 1.82 bits per heavy atom. The molecule has 0 atom stereocenters. The number of allylic oxidation sites excluding steroid dienone is 1. The summed E-state index contributed by atoms with van der Waals surface area (Å²) in [6, 6.07) is 13.5. The second-order valence-corrected chi connectivity index (χ2v) is 8.58. The van der Waals surface area contributed by atoms with Crippen molar-refractivity contribution in [2.45, 2.75) is 27.2 Å². The number of ether oxygens (including phenoxy) is 2. The Morgan fingerprint density at radius 1 is 1.09 bits per heavy atom. The van der Waals surface area contributed by atoms with E-state index in [4.69, 9.17) is 31.9 Å². The number of hydrogen-bond donors (Lipinski definition) is 3. The number of benzene rings is 2. The van der Waals surface area contributed by atoms with Gasteiger partial charge >= 0.3 is 0 Å². The van der Waals surface area contributed by atoms with Crippen LogP contribution in [0, 0.1) is 16.7 Å². The quantitative estimate of drug-likeness (QED) is 0.316. The van der Waals surface area contributed by atoms with E-state index in [2.05, 4.69) is 9.97 Å². The maximum absolute atomic E-state index is 8.91. The Labute approximate surface area is 200 Å². The number of nitrogen functional groups attached to an aromatic ring is 3. The Balaban J connectivity index is 2.10. The largest absolute Gasteiger partial charge is 0.493 e. The van der Waals surface area contributed by atoms with E-state index in [0.717, 1.165) is 22.3 Å². The molecule has 8 heteroatoms. The molecule has 0 radical (unpaired) electrons. The Kier molecular flexibility index (Phi) is 7.59. The highest BCUT2D eigenvalue weighted by Gasteiger charge is 2.21. The number of anilines is 3. The van der Waals surface area contributed by atoms with Crippen LogP contribution in [0.5, 0.6) is 11.5 Å². The fraction of sp³-hybridized carbons (Fsp3) is 0.269. The molecular formula is C26H30N6O2. The van der Waals surface area contributed by atoms with Gasteiger partial charge in [0.25, 0.3) is 0 Å². The standard InChI is InChI=1S/C26H30N6O2/c1-4-33-21-12-17(11-19-15-31-25(30)32-24(19)29)13-22(34-16-26(2,3)9-6-10-27)23(21)18-7-5-8-20(28)14-18/h5-9,12-15H,4,11,16,28H2,1-3H3,(H4,29,30,31,32)/b9-6+. The van der Waals surface area contributed by atoms with E-state index in [0.29, 0.717) is 42.6 Å². The van der Waals surface area contributed by atoms with Crippen molar-refractivity contribution in [1.82, 2.24) is 9.97 Å². The zero-order valence-corrected chi connectivity index (χ0v) is 19.7. The lowest BCUT2D eigenvalue weighted by Crippen LogP contribution is -2.19. The smallest absolute Gasteiger partial charge is 0.221 e. The van der Waals surface area contributed by atoms with Gasteiger partial charge in [0, 0.05) is 35.4 Å². The minimum atomic E-state index is -0.361. The van der Waals surface area contributed by atoms with Crippen molar-refractivity contribution in [1.29, 1.82) is 5.26 Å². The first-order valence-corrected chi connectivity index (χ1v) is 10.9. The van der Waals surface area contributed by atoms with Gasteiger partial charge in [-0.3, -0.25) is 0 Å². The van der Waals surface area contributed by atoms with Crippen LogP contribution in [-0.2, 0) is 6.42 Å². The molecule has 0 saturated heterocycles. The second kappa shape index (κ2) is 10.6. The molecule has 0 aliphatic rings. The molecule has 0 unspecified atom stereocenters. The summed E-state index contributed by atoms with van der Waals surface area (Å²) < 4.78 is 12.4. The predicted molar refractivity (Wildman–Crippen MR) is 135 cm³/mol. The molecule has 6 N–H and O–H groups in total. The highest BCUT2D eigenvalue weighted by Crippen LogP contribution is 2.41. The highest BCUT2D eigenvalue weighted by molar-refractivity contribution is 5.79. The first-order valence-electron chi connectivity index (χ1n) is 10.9. The van der Waals surface area contributed by atoms with Gasteiger partial charge in [-0.05, 0) is 42.3 Å². The van der Waals surface area contributed by atoms with Gasteiger partial charge in [-0.25, -0.2) is 4.98 Å². The average molecular weight is 459 g/mol. The van der Waals surface area contributed by atoms with Crippen molar-refractivity contribution in [3.8, 4) is 28.7 Å². The van der Waals surface area contributed by atoms with E-state index in [1.165, 1.54) is 6.08 Å². The van der Waals surface area contributed by atoms with Crippen LogP contribution in [0.3, 0.4) is 0 Å². The van der Waals surface area contributed by atoms with Crippen molar-refractivity contribution in [2.75, 3.05) is 30.4 Å². The first-order chi connectivity index (χ1) is 16.2. The van der Waals surface area contributed by atoms with Crippen LogP contribution < -0.4 is 26.7 Å². The van der Waals surface area contributed by atoms with Crippen molar-refractivity contribution in [2.24, 2.45) is 5.41 Å². The SMILES string of the molecule is CCOc1cc(Cc2cnc(N)nc2N)cc(OCC(C)(C)/C=C/C#N)c1-c1cccc(N)c1. The molecule has 176 valence electrons. The Bertz CT molecular complexity index is 1230. The fourth-order valence-corrected chi connectivity index (χ4v) is 3.47. The van der Waals surface area contributed by atoms with Gasteiger partial charge in [0.1, 0.15) is 17.3 Å². The van der Waals surface area contributed by atoms with Gasteiger partial charge in [0.2, 0.25) is 5.95 Å². The van der Waals surface area contributed by atoms with Crippen LogP contribution in [-0.4, -0.2) is 23.2 Å². The summed E-state index contributed by atoms with van der Waals surface area (Å²) in [5, 5.41) is 8.91. The van der Waals surface area contributed by atoms with E-state index >= 15 is 0 Å². The molecule has 0 spiro atoms. The zero-order chi connectivity index (χ0) is 24.7. The molecule has 0 fully saturated rings. The summed E-state index contributed by atoms with van der Waals surface area (Å²) in [5.41, 5.74) is 21.4. The normalized spacial score (nSPS) is 11.4. The van der Waals surface area contributed by atoms with E-state index in [9.17, 15) is 0 Å². The number of rotatable bonds is 9. The number of nitriles is 1. The first kappa shape index (κ1) is 24.4. The third kappa shape index (κ3) is 6.17. The molecule has 0 saturated carbocycles. The van der Waals surface area contributed by atoms with Crippen molar-refractivity contribution < 1.29 is 9.47 Å². The molecule has 0 aliphatic heterocycles. The minimum absolute atomic E-state index is 0.130. The summed E-state index contributed by atoms with van der Waals surface area (Å²) in [6.45, 7) is 6.75. The van der Waals surface area contributed by atoms with Crippen molar-refractivity contribution >= 4 is 17.5 Å². The van der Waals surface area contributed by atoms with Crippen LogP contribution in [0.25, 0.3) is 11.1 Å². The van der Waals surface area contributed by atoms with Gasteiger partial charge in [-0.15, -0.1) is 0 Å². The maximum atomic E-state index is 8.91. The summed E-state index contributed by atoms with van der Waals surface area (Å²) >= 11 is 0. The van der Waals surface area contributed by atoms with E-state index in [1.807, 2.05) is 69.3 Å². The van der Waals surface area contributed by atoms with Crippen LogP contribution >= 0.6 is 0 Å². The molecule has 1 heterocycles. The summed E-state index contributed by atoms with van der Waals surface area (Å²) in [7, 11) is 0. The molecule has 34 heavy (non-hydrogen) atoms. The average Bonchev–Trinajstić information content (AvgIpc) is 2.78. The topological polar surface area (TPSA) is 146 Å². The van der Waals surface area contributed by atoms with Gasteiger partial charge in [-0.1, -0.05) is 32.1 Å². The van der Waals surface area contributed by atoms with Gasteiger partial charge in [0.15, 0.2) is 0 Å². The third-order valence-electron chi connectivity index (χ3n) is 5.12. The predicted octanol–water partition coefficient (Wildman–Crippen LogP) is 4.36. The molecule has 3 aromatic rings. The lowest BCUT2D eigenvalue weighted by atomic mass is 9.94. The van der Waals surface area contributed by atoms with Crippen LogP contribution in [0.2, 0.25) is 0 Å². The molecule has 0 amide bonds. The van der Waals surface area contributed by atoms with Crippen molar-refractivity contribution in [3.63, 3.8) is 0 Å². The Morgan fingerprint density at radius 3 is 2.47 bits per heavy atom. The van der Waals surface area contributed by atoms with Crippen LogP contribution in [0.15, 0.2) is 54.7 Å². The van der Waals surface area contributed by atoms with Gasteiger partial charge < -0.3 is 26.7 Å². The molecular weight excluding hydrogens is 428 g/mol. The summed E-state index contributed by atoms with van der Waals surface area (Å²) in [5.74, 6) is 1.77. The number of aromatic nitrogens is 2. The number of nitrogens with zero attached hydrogens (tertiary/aromatic N) is 3. The molecule has 1 aromatic heterocycles. The molecule has 2 aromatic carbocycles. The Hall–Kier alpha value is -4.25. The molecule has 0 bridgehead atoms. The molecule has 3 rings (SSSR count). The molecule has 0 aliphatic carbocycles. The number of nitrogens with two attached hydrogens (primary N) is 3. The maximum Gasteiger partial charge on any atom is 0.221 e. The van der Waals surface area contributed by atoms with E-state index in [1.54, 1.807) is 6.20 Å². The monoisotopic (exact) mass is 458 g/mol. The number of hydrogen-bond acceptors (Lipinski definition) is 8.